The van der Waals surface area contributed by atoms with Crippen molar-refractivity contribution in [3.8, 4) is 39.6 Å². The van der Waals surface area contributed by atoms with E-state index in [0.717, 1.165) is 49.6 Å². The minimum absolute atomic E-state index is 0.147. The monoisotopic (exact) mass is 564 g/mol. The summed E-state index contributed by atoms with van der Waals surface area (Å²) >= 11 is 0. The molecule has 0 bridgehead atoms. The van der Waals surface area contributed by atoms with Crippen LogP contribution in [-0.2, 0) is 5.41 Å². The summed E-state index contributed by atoms with van der Waals surface area (Å²) in [4.78, 5) is 15.0. The van der Waals surface area contributed by atoms with E-state index in [2.05, 4.69) is 133 Å². The summed E-state index contributed by atoms with van der Waals surface area (Å²) in [5, 5.41) is 4.57. The topological polar surface area (TPSA) is 43.6 Å². The summed E-state index contributed by atoms with van der Waals surface area (Å²) in [6, 6.07) is 43.1. The average Bonchev–Trinajstić information content (AvgIpc) is 3.55. The molecule has 5 aromatic carbocycles. The van der Waals surface area contributed by atoms with Crippen LogP contribution in [0.1, 0.15) is 25.0 Å². The lowest BCUT2D eigenvalue weighted by Gasteiger charge is -2.21. The van der Waals surface area contributed by atoms with Crippen LogP contribution in [0.5, 0.6) is 0 Å². The molecule has 9 rings (SSSR count). The molecule has 0 fully saturated rings. The lowest BCUT2D eigenvalue weighted by molar-refractivity contribution is 0.666. The van der Waals surface area contributed by atoms with E-state index in [0.29, 0.717) is 5.95 Å². The van der Waals surface area contributed by atoms with Crippen molar-refractivity contribution < 1.29 is 0 Å². The third-order valence-corrected chi connectivity index (χ3v) is 9.31. The minimum atomic E-state index is -0.147. The van der Waals surface area contributed by atoms with Crippen LogP contribution in [0.2, 0.25) is 0 Å². The summed E-state index contributed by atoms with van der Waals surface area (Å²) < 4.78 is 2.30. The zero-order valence-corrected chi connectivity index (χ0v) is 24.5. The second-order valence-electron chi connectivity index (χ2n) is 12.1. The quantitative estimate of drug-likeness (QED) is 0.201. The van der Waals surface area contributed by atoms with Gasteiger partial charge < -0.3 is 0 Å². The SMILES string of the molecule is CC1(C)c2ccccc2-c2c1c1ccccc1n2-c1nc(-c2ccc(-c3ccncc3)cc2)c2ccc3ccccc3c2n1. The van der Waals surface area contributed by atoms with Gasteiger partial charge in [-0.1, -0.05) is 111 Å². The van der Waals surface area contributed by atoms with E-state index in [4.69, 9.17) is 9.97 Å². The Morgan fingerprint density at radius 1 is 0.568 bits per heavy atom. The van der Waals surface area contributed by atoms with Gasteiger partial charge in [0.1, 0.15) is 0 Å². The Labute approximate surface area is 255 Å². The Morgan fingerprint density at radius 2 is 1.25 bits per heavy atom. The van der Waals surface area contributed by atoms with E-state index in [1.54, 1.807) is 0 Å². The predicted octanol–water partition coefficient (Wildman–Crippen LogP) is 9.76. The Bertz CT molecular complexity index is 2400. The number of hydrogen-bond donors (Lipinski definition) is 0. The van der Waals surface area contributed by atoms with Gasteiger partial charge >= 0.3 is 0 Å². The minimum Gasteiger partial charge on any atom is -0.278 e. The average molecular weight is 565 g/mol. The molecule has 0 amide bonds. The number of para-hydroxylation sites is 1. The molecule has 0 unspecified atom stereocenters. The van der Waals surface area contributed by atoms with Crippen molar-refractivity contribution in [2.45, 2.75) is 19.3 Å². The molecule has 3 heterocycles. The second-order valence-corrected chi connectivity index (χ2v) is 12.1. The van der Waals surface area contributed by atoms with Gasteiger partial charge in [-0.3, -0.25) is 9.55 Å². The predicted molar refractivity (Wildman–Crippen MR) is 180 cm³/mol. The van der Waals surface area contributed by atoms with E-state index in [1.807, 2.05) is 24.5 Å². The van der Waals surface area contributed by atoms with Crippen LogP contribution in [0.15, 0.2) is 134 Å². The molecular formula is C40H28N4. The highest BCUT2D eigenvalue weighted by molar-refractivity contribution is 6.09. The zero-order valence-electron chi connectivity index (χ0n) is 24.5. The number of pyridine rings is 1. The zero-order chi connectivity index (χ0) is 29.4. The van der Waals surface area contributed by atoms with Crippen LogP contribution in [-0.4, -0.2) is 19.5 Å². The maximum atomic E-state index is 5.41. The van der Waals surface area contributed by atoms with Gasteiger partial charge in [0.05, 0.1) is 22.4 Å². The molecular weight excluding hydrogens is 536 g/mol. The van der Waals surface area contributed by atoms with Crippen LogP contribution in [0.3, 0.4) is 0 Å². The Morgan fingerprint density at radius 3 is 2.09 bits per heavy atom. The normalized spacial score (nSPS) is 13.4. The van der Waals surface area contributed by atoms with Gasteiger partial charge in [0.2, 0.25) is 5.95 Å². The van der Waals surface area contributed by atoms with Crippen molar-refractivity contribution in [2.75, 3.05) is 0 Å². The molecule has 3 aromatic heterocycles. The Balaban J connectivity index is 1.37. The fourth-order valence-corrected chi connectivity index (χ4v) is 7.24. The molecule has 8 aromatic rings. The lowest BCUT2D eigenvalue weighted by Crippen LogP contribution is -2.14. The van der Waals surface area contributed by atoms with Gasteiger partial charge in [0.15, 0.2) is 0 Å². The Kier molecular flexibility index (Phi) is 5.21. The second kappa shape index (κ2) is 9.19. The van der Waals surface area contributed by atoms with Gasteiger partial charge in [-0.15, -0.1) is 0 Å². The molecule has 0 aliphatic heterocycles. The number of benzene rings is 5. The first-order valence-electron chi connectivity index (χ1n) is 15.0. The molecule has 1 aliphatic rings. The number of aromatic nitrogens is 4. The fourth-order valence-electron chi connectivity index (χ4n) is 7.24. The molecule has 0 radical (unpaired) electrons. The molecule has 0 spiro atoms. The van der Waals surface area contributed by atoms with Gasteiger partial charge in [-0.25, -0.2) is 9.97 Å². The third kappa shape index (κ3) is 3.48. The van der Waals surface area contributed by atoms with E-state index < -0.39 is 0 Å². The van der Waals surface area contributed by atoms with Crippen LogP contribution in [0.25, 0.3) is 72.2 Å². The van der Waals surface area contributed by atoms with Crippen molar-refractivity contribution in [2.24, 2.45) is 0 Å². The molecule has 0 N–H and O–H groups in total. The smallest absolute Gasteiger partial charge is 0.235 e. The summed E-state index contributed by atoms with van der Waals surface area (Å²) in [6.45, 7) is 4.66. The standard InChI is InChI=1S/C40H28N4/c1-40(2)33-13-7-5-11-30(33)38-35(40)31-12-6-8-14-34(31)44(38)39-42-36(28-17-15-25(16-18-28)26-21-23-41-24-22-26)32-20-19-27-9-3-4-10-29(27)37(32)43-39/h3-24H,1-2H3. The van der Waals surface area contributed by atoms with Gasteiger partial charge in [0, 0.05) is 45.1 Å². The van der Waals surface area contributed by atoms with Crippen molar-refractivity contribution >= 4 is 32.6 Å². The van der Waals surface area contributed by atoms with Crippen molar-refractivity contribution in [1.82, 2.24) is 19.5 Å². The molecule has 0 saturated heterocycles. The first-order chi connectivity index (χ1) is 21.6. The maximum Gasteiger partial charge on any atom is 0.235 e. The first kappa shape index (κ1) is 24.9. The summed E-state index contributed by atoms with van der Waals surface area (Å²) in [6.07, 6.45) is 3.66. The maximum absolute atomic E-state index is 5.41. The third-order valence-electron chi connectivity index (χ3n) is 9.31. The molecule has 1 aliphatic carbocycles. The molecule has 0 saturated carbocycles. The number of nitrogens with zero attached hydrogens (tertiary/aromatic N) is 4. The Hall–Kier alpha value is -5.61. The summed E-state index contributed by atoms with van der Waals surface area (Å²) in [5.41, 5.74) is 11.3. The van der Waals surface area contributed by atoms with Crippen molar-refractivity contribution in [1.29, 1.82) is 0 Å². The molecule has 0 atom stereocenters. The fraction of sp³-hybridized carbons (Fsp3) is 0.0750. The summed E-state index contributed by atoms with van der Waals surface area (Å²) in [5.74, 6) is 0.687. The van der Waals surface area contributed by atoms with Crippen molar-refractivity contribution in [3.63, 3.8) is 0 Å². The first-order valence-corrected chi connectivity index (χ1v) is 15.0. The molecule has 44 heavy (non-hydrogen) atoms. The number of rotatable bonds is 3. The number of fused-ring (bicyclic) bond motifs is 8. The highest BCUT2D eigenvalue weighted by Crippen LogP contribution is 2.53. The van der Waals surface area contributed by atoms with Gasteiger partial charge in [0.25, 0.3) is 0 Å². The largest absolute Gasteiger partial charge is 0.278 e. The van der Waals surface area contributed by atoms with E-state index in [1.165, 1.54) is 27.8 Å². The van der Waals surface area contributed by atoms with Crippen LogP contribution in [0, 0.1) is 0 Å². The lowest BCUT2D eigenvalue weighted by atomic mass is 9.81. The highest BCUT2D eigenvalue weighted by Gasteiger charge is 2.40. The number of hydrogen-bond acceptors (Lipinski definition) is 3. The van der Waals surface area contributed by atoms with Crippen LogP contribution >= 0.6 is 0 Å². The van der Waals surface area contributed by atoms with Gasteiger partial charge in [-0.2, -0.15) is 0 Å². The van der Waals surface area contributed by atoms with Crippen LogP contribution in [0.4, 0.5) is 0 Å². The summed E-state index contributed by atoms with van der Waals surface area (Å²) in [7, 11) is 0. The van der Waals surface area contributed by atoms with Crippen LogP contribution < -0.4 is 0 Å². The molecule has 4 heteroatoms. The van der Waals surface area contributed by atoms with E-state index >= 15 is 0 Å². The van der Waals surface area contributed by atoms with E-state index in [9.17, 15) is 0 Å². The van der Waals surface area contributed by atoms with Crippen molar-refractivity contribution in [3.05, 3.63) is 145 Å². The molecule has 208 valence electrons. The van der Waals surface area contributed by atoms with Gasteiger partial charge in [-0.05, 0) is 51.9 Å². The molecule has 4 nitrogen and oxygen atoms in total. The highest BCUT2D eigenvalue weighted by atomic mass is 15.2. The van der Waals surface area contributed by atoms with E-state index in [-0.39, 0.29) is 5.41 Å².